The number of methoxy groups -OCH3 is 1. The Morgan fingerprint density at radius 3 is 2.43 bits per heavy atom. The highest BCUT2D eigenvalue weighted by Crippen LogP contribution is 2.11. The Balaban J connectivity index is 2.68. The zero-order valence-electron chi connectivity index (χ0n) is 12.7. The maximum absolute atomic E-state index is 12.2. The molecule has 0 atom stereocenters. The highest BCUT2D eigenvalue weighted by molar-refractivity contribution is 7.12. The molecule has 2 amide bonds. The van der Waals surface area contributed by atoms with E-state index >= 15 is 0 Å². The third-order valence-electron chi connectivity index (χ3n) is 2.92. The number of thiophene rings is 1. The summed E-state index contributed by atoms with van der Waals surface area (Å²) >= 11 is 1.33. The lowest BCUT2D eigenvalue weighted by molar-refractivity contribution is -0.148. The van der Waals surface area contributed by atoms with Gasteiger partial charge in [0, 0.05) is 13.1 Å². The van der Waals surface area contributed by atoms with E-state index in [4.69, 9.17) is 0 Å². The van der Waals surface area contributed by atoms with Crippen molar-refractivity contribution >= 4 is 29.1 Å². The Morgan fingerprint density at radius 2 is 1.95 bits per heavy atom. The van der Waals surface area contributed by atoms with Crippen molar-refractivity contribution < 1.29 is 19.1 Å². The van der Waals surface area contributed by atoms with Gasteiger partial charge in [0.1, 0.15) is 6.54 Å². The van der Waals surface area contributed by atoms with E-state index < -0.39 is 5.97 Å². The summed E-state index contributed by atoms with van der Waals surface area (Å²) < 4.78 is 4.58. The van der Waals surface area contributed by atoms with Gasteiger partial charge in [0.15, 0.2) is 0 Å². The average molecular weight is 312 g/mol. The van der Waals surface area contributed by atoms with E-state index in [1.54, 1.807) is 24.6 Å². The van der Waals surface area contributed by atoms with Crippen molar-refractivity contribution in [2.45, 2.75) is 19.9 Å². The summed E-state index contributed by atoms with van der Waals surface area (Å²) in [6.07, 6.45) is 0. The van der Waals surface area contributed by atoms with Gasteiger partial charge in [-0.15, -0.1) is 11.3 Å². The first kappa shape index (κ1) is 17.2. The molecule has 0 fully saturated rings. The number of rotatable bonds is 6. The molecule has 0 radical (unpaired) electrons. The highest BCUT2D eigenvalue weighted by Gasteiger charge is 2.23. The van der Waals surface area contributed by atoms with Crippen molar-refractivity contribution in [3.63, 3.8) is 0 Å². The molecule has 1 rings (SSSR count). The Bertz CT molecular complexity index is 499. The van der Waals surface area contributed by atoms with E-state index in [-0.39, 0.29) is 30.9 Å². The van der Waals surface area contributed by atoms with Gasteiger partial charge >= 0.3 is 5.97 Å². The molecule has 0 bridgehead atoms. The van der Waals surface area contributed by atoms with Crippen molar-refractivity contribution in [1.82, 2.24) is 9.80 Å². The second kappa shape index (κ2) is 7.78. The lowest BCUT2D eigenvalue weighted by Gasteiger charge is -2.27. The van der Waals surface area contributed by atoms with Crippen molar-refractivity contribution in [2.24, 2.45) is 0 Å². The SMILES string of the molecule is COC(=O)CN(C(=O)CN(C)C(=O)c1cccs1)C(C)C. The zero-order chi connectivity index (χ0) is 16.0. The fourth-order valence-corrected chi connectivity index (χ4v) is 2.43. The van der Waals surface area contributed by atoms with Crippen LogP contribution in [0.25, 0.3) is 0 Å². The molecule has 116 valence electrons. The lowest BCUT2D eigenvalue weighted by atomic mass is 10.3. The first-order valence-corrected chi connectivity index (χ1v) is 7.40. The number of carbonyl (C=O) groups excluding carboxylic acids is 3. The van der Waals surface area contributed by atoms with Gasteiger partial charge in [-0.25, -0.2) is 0 Å². The molecule has 0 unspecified atom stereocenters. The third-order valence-corrected chi connectivity index (χ3v) is 3.78. The molecular formula is C14H20N2O4S. The topological polar surface area (TPSA) is 66.9 Å². The van der Waals surface area contributed by atoms with Crippen molar-refractivity contribution in [2.75, 3.05) is 27.2 Å². The minimum Gasteiger partial charge on any atom is -0.468 e. The molecule has 1 aromatic heterocycles. The van der Waals surface area contributed by atoms with Crippen LogP contribution in [-0.4, -0.2) is 60.9 Å². The molecule has 0 N–H and O–H groups in total. The van der Waals surface area contributed by atoms with Crippen LogP contribution in [0, 0.1) is 0 Å². The normalized spacial score (nSPS) is 10.3. The van der Waals surface area contributed by atoms with Gasteiger partial charge in [0.2, 0.25) is 5.91 Å². The Morgan fingerprint density at radius 1 is 1.29 bits per heavy atom. The summed E-state index contributed by atoms with van der Waals surface area (Å²) in [5.41, 5.74) is 0. The average Bonchev–Trinajstić information content (AvgIpc) is 2.96. The smallest absolute Gasteiger partial charge is 0.325 e. The van der Waals surface area contributed by atoms with Crippen LogP contribution in [0.15, 0.2) is 17.5 Å². The number of nitrogens with zero attached hydrogens (tertiary/aromatic N) is 2. The third kappa shape index (κ3) is 4.86. The fraction of sp³-hybridized carbons (Fsp3) is 0.500. The van der Waals surface area contributed by atoms with Gasteiger partial charge in [-0.1, -0.05) is 6.07 Å². The molecule has 0 saturated carbocycles. The molecule has 0 aliphatic carbocycles. The molecule has 0 aromatic carbocycles. The van der Waals surface area contributed by atoms with Gasteiger partial charge in [0.05, 0.1) is 18.5 Å². The molecule has 6 nitrogen and oxygen atoms in total. The number of hydrogen-bond acceptors (Lipinski definition) is 5. The van der Waals surface area contributed by atoms with Gasteiger partial charge in [0.25, 0.3) is 5.91 Å². The fourth-order valence-electron chi connectivity index (χ4n) is 1.72. The van der Waals surface area contributed by atoms with E-state index in [2.05, 4.69) is 4.74 Å². The Kier molecular flexibility index (Phi) is 6.36. The van der Waals surface area contributed by atoms with E-state index in [0.717, 1.165) is 0 Å². The number of esters is 1. The molecule has 0 spiro atoms. The number of hydrogen-bond donors (Lipinski definition) is 0. The second-order valence-electron chi connectivity index (χ2n) is 4.83. The van der Waals surface area contributed by atoms with Crippen molar-refractivity contribution in [1.29, 1.82) is 0 Å². The zero-order valence-corrected chi connectivity index (χ0v) is 13.5. The van der Waals surface area contributed by atoms with Crippen LogP contribution in [0.3, 0.4) is 0 Å². The minimum absolute atomic E-state index is 0.0775. The summed E-state index contributed by atoms with van der Waals surface area (Å²) in [6.45, 7) is 3.42. The molecule has 21 heavy (non-hydrogen) atoms. The standard InChI is InChI=1S/C14H20N2O4S/c1-10(2)16(9-13(18)20-4)12(17)8-15(3)14(19)11-6-5-7-21-11/h5-7,10H,8-9H2,1-4H3. The molecule has 0 aliphatic rings. The number of amides is 2. The van der Waals surface area contributed by atoms with E-state index in [0.29, 0.717) is 4.88 Å². The van der Waals surface area contributed by atoms with E-state index in [1.807, 2.05) is 13.8 Å². The monoisotopic (exact) mass is 312 g/mol. The number of likely N-dealkylation sites (N-methyl/N-ethyl adjacent to an activating group) is 1. The van der Waals surface area contributed by atoms with Gasteiger partial charge in [-0.05, 0) is 25.3 Å². The second-order valence-corrected chi connectivity index (χ2v) is 5.78. The van der Waals surface area contributed by atoms with Crippen LogP contribution >= 0.6 is 11.3 Å². The van der Waals surface area contributed by atoms with Gasteiger partial charge in [-0.2, -0.15) is 0 Å². The molecule has 0 saturated heterocycles. The summed E-state index contributed by atoms with van der Waals surface area (Å²) in [7, 11) is 2.84. The highest BCUT2D eigenvalue weighted by atomic mass is 32.1. The van der Waals surface area contributed by atoms with Crippen molar-refractivity contribution in [3.05, 3.63) is 22.4 Å². The van der Waals surface area contributed by atoms with E-state index in [1.165, 1.54) is 28.2 Å². The predicted octanol–water partition coefficient (Wildman–Crippen LogP) is 1.23. The molecule has 1 heterocycles. The Hall–Kier alpha value is -1.89. The summed E-state index contributed by atoms with van der Waals surface area (Å²) in [5, 5.41) is 1.81. The molecular weight excluding hydrogens is 292 g/mol. The number of ether oxygens (including phenoxy) is 1. The first-order chi connectivity index (χ1) is 9.86. The minimum atomic E-state index is -0.482. The quantitative estimate of drug-likeness (QED) is 0.741. The summed E-state index contributed by atoms with van der Waals surface area (Å²) in [6, 6.07) is 3.34. The molecule has 7 heteroatoms. The maximum atomic E-state index is 12.2. The lowest BCUT2D eigenvalue weighted by Crippen LogP contribution is -2.46. The van der Waals surface area contributed by atoms with Crippen LogP contribution < -0.4 is 0 Å². The predicted molar refractivity (Wildman–Crippen MR) is 80.1 cm³/mol. The van der Waals surface area contributed by atoms with Gasteiger partial charge in [-0.3, -0.25) is 14.4 Å². The van der Waals surface area contributed by atoms with Crippen LogP contribution in [0.5, 0.6) is 0 Å². The molecule has 1 aromatic rings. The summed E-state index contributed by atoms with van der Waals surface area (Å²) in [5.74, 6) is -0.979. The number of carbonyl (C=O) groups is 3. The summed E-state index contributed by atoms with van der Waals surface area (Å²) in [4.78, 5) is 39.0. The van der Waals surface area contributed by atoms with Crippen LogP contribution in [0.1, 0.15) is 23.5 Å². The maximum Gasteiger partial charge on any atom is 0.325 e. The Labute approximate surface area is 128 Å². The molecule has 0 aliphatic heterocycles. The van der Waals surface area contributed by atoms with Gasteiger partial charge < -0.3 is 14.5 Å². The van der Waals surface area contributed by atoms with E-state index in [9.17, 15) is 14.4 Å². The van der Waals surface area contributed by atoms with Crippen LogP contribution in [0.2, 0.25) is 0 Å². The van der Waals surface area contributed by atoms with Crippen molar-refractivity contribution in [3.8, 4) is 0 Å². The largest absolute Gasteiger partial charge is 0.468 e. The first-order valence-electron chi connectivity index (χ1n) is 6.52. The van der Waals surface area contributed by atoms with Crippen LogP contribution in [0.4, 0.5) is 0 Å². The van der Waals surface area contributed by atoms with Crippen LogP contribution in [-0.2, 0) is 14.3 Å².